The number of pyridine rings is 1. The van der Waals surface area contributed by atoms with Gasteiger partial charge in [-0.25, -0.2) is 0 Å². The van der Waals surface area contributed by atoms with Crippen molar-refractivity contribution in [3.8, 4) is 22.4 Å². The van der Waals surface area contributed by atoms with Gasteiger partial charge in [-0.2, -0.15) is 5.10 Å². The van der Waals surface area contributed by atoms with Gasteiger partial charge in [-0.1, -0.05) is 114 Å². The summed E-state index contributed by atoms with van der Waals surface area (Å²) in [5.41, 5.74) is 5.77. The summed E-state index contributed by atoms with van der Waals surface area (Å²) in [6.07, 6.45) is 28.6. The van der Waals surface area contributed by atoms with E-state index in [4.69, 9.17) is 16.7 Å². The monoisotopic (exact) mass is 590 g/mol. The Bertz CT molecular complexity index is 1120. The Hall–Kier alpha value is -2.17. The molecule has 0 spiro atoms. The molecule has 3 aromatic rings. The Morgan fingerprint density at radius 1 is 0.714 bits per heavy atom. The van der Waals surface area contributed by atoms with Crippen molar-refractivity contribution in [1.82, 2.24) is 20.1 Å². The van der Waals surface area contributed by atoms with E-state index in [1.165, 1.54) is 139 Å². The Labute approximate surface area is 261 Å². The summed E-state index contributed by atoms with van der Waals surface area (Å²) >= 11 is 6.18. The molecule has 0 saturated heterocycles. The first kappa shape index (κ1) is 32.7. The van der Waals surface area contributed by atoms with E-state index in [9.17, 15) is 0 Å². The van der Waals surface area contributed by atoms with E-state index >= 15 is 0 Å². The van der Waals surface area contributed by atoms with Gasteiger partial charge < -0.3 is 4.90 Å². The lowest BCUT2D eigenvalue weighted by atomic mass is 9.81. The molecule has 1 aliphatic rings. The lowest BCUT2D eigenvalue weighted by Gasteiger charge is -2.34. The number of nitrogens with zero attached hydrogens (tertiary/aromatic N) is 3. The van der Waals surface area contributed by atoms with Gasteiger partial charge >= 0.3 is 0 Å². The second-order valence-electron chi connectivity index (χ2n) is 12.7. The highest BCUT2D eigenvalue weighted by molar-refractivity contribution is 6.30. The summed E-state index contributed by atoms with van der Waals surface area (Å²) in [4.78, 5) is 6.90. The molecule has 1 fully saturated rings. The molecular formula is C37H55ClN4. The van der Waals surface area contributed by atoms with Gasteiger partial charge in [0, 0.05) is 46.2 Å². The number of unbranched alkanes of at least 4 members (excludes halogenated alkanes) is 13. The van der Waals surface area contributed by atoms with Gasteiger partial charge in [-0.15, -0.1) is 0 Å². The molecule has 1 saturated carbocycles. The van der Waals surface area contributed by atoms with Crippen LogP contribution in [0.3, 0.4) is 0 Å². The van der Waals surface area contributed by atoms with Gasteiger partial charge in [0.1, 0.15) is 5.69 Å². The fraction of sp³-hybridized carbons (Fsp3) is 0.622. The lowest BCUT2D eigenvalue weighted by molar-refractivity contribution is 0.178. The van der Waals surface area contributed by atoms with Crippen LogP contribution in [-0.4, -0.2) is 39.7 Å². The second kappa shape index (κ2) is 18.5. The van der Waals surface area contributed by atoms with Crippen molar-refractivity contribution in [3.05, 3.63) is 59.5 Å². The Kier molecular flexibility index (Phi) is 14.4. The number of aromatic nitrogens is 3. The molecule has 1 aliphatic carbocycles. The number of hydrogen-bond donors (Lipinski definition) is 1. The average Bonchev–Trinajstić information content (AvgIpc) is 3.47. The van der Waals surface area contributed by atoms with E-state index in [0.717, 1.165) is 16.3 Å². The fourth-order valence-electron chi connectivity index (χ4n) is 6.82. The third kappa shape index (κ3) is 10.2. The van der Waals surface area contributed by atoms with Crippen LogP contribution in [-0.2, 0) is 0 Å². The maximum absolute atomic E-state index is 6.18. The molecule has 0 amide bonds. The molecule has 0 bridgehead atoms. The minimum absolute atomic E-state index is 0.507. The van der Waals surface area contributed by atoms with Crippen LogP contribution in [0.1, 0.15) is 134 Å². The smallest absolute Gasteiger partial charge is 0.100 e. The summed E-state index contributed by atoms with van der Waals surface area (Å²) < 4.78 is 0. The zero-order chi connectivity index (χ0) is 29.4. The van der Waals surface area contributed by atoms with Crippen molar-refractivity contribution in [2.45, 2.75) is 134 Å². The van der Waals surface area contributed by atoms with Gasteiger partial charge in [0.05, 0.1) is 0 Å². The normalized spacial score (nSPS) is 17.2. The molecular weight excluding hydrogens is 536 g/mol. The number of hydrogen-bond acceptors (Lipinski definition) is 3. The van der Waals surface area contributed by atoms with Crippen LogP contribution >= 0.6 is 11.6 Å². The van der Waals surface area contributed by atoms with Gasteiger partial charge in [-0.05, 0) is 75.5 Å². The quantitative estimate of drug-likeness (QED) is 0.141. The van der Waals surface area contributed by atoms with Crippen LogP contribution in [0.15, 0.2) is 48.8 Å². The first-order valence-electron chi connectivity index (χ1n) is 17.1. The first-order chi connectivity index (χ1) is 20.7. The van der Waals surface area contributed by atoms with Crippen molar-refractivity contribution in [3.63, 3.8) is 0 Å². The lowest BCUT2D eigenvalue weighted by Crippen LogP contribution is -2.35. The van der Waals surface area contributed by atoms with Crippen molar-refractivity contribution in [2.75, 3.05) is 13.6 Å². The number of halogens is 1. The van der Waals surface area contributed by atoms with Crippen LogP contribution < -0.4 is 0 Å². The molecule has 230 valence electrons. The first-order valence-corrected chi connectivity index (χ1v) is 17.5. The van der Waals surface area contributed by atoms with Crippen LogP contribution in [0, 0.1) is 0 Å². The van der Waals surface area contributed by atoms with Crippen LogP contribution in [0.4, 0.5) is 0 Å². The molecule has 1 aromatic carbocycles. The molecule has 1 N–H and O–H groups in total. The molecule has 4 rings (SSSR count). The van der Waals surface area contributed by atoms with E-state index in [-0.39, 0.29) is 0 Å². The minimum atomic E-state index is 0.507. The van der Waals surface area contributed by atoms with Crippen molar-refractivity contribution in [1.29, 1.82) is 0 Å². The third-order valence-electron chi connectivity index (χ3n) is 9.47. The van der Waals surface area contributed by atoms with Gasteiger partial charge in [-0.3, -0.25) is 10.1 Å². The summed E-state index contributed by atoms with van der Waals surface area (Å²) in [6, 6.07) is 12.9. The second-order valence-corrected chi connectivity index (χ2v) is 13.1. The van der Waals surface area contributed by atoms with Gasteiger partial charge in [0.15, 0.2) is 0 Å². The zero-order valence-electron chi connectivity index (χ0n) is 26.4. The predicted molar refractivity (Wildman–Crippen MR) is 180 cm³/mol. The van der Waals surface area contributed by atoms with E-state index < -0.39 is 0 Å². The van der Waals surface area contributed by atoms with Crippen molar-refractivity contribution in [2.24, 2.45) is 0 Å². The van der Waals surface area contributed by atoms with Crippen LogP contribution in [0.25, 0.3) is 22.4 Å². The van der Waals surface area contributed by atoms with E-state index in [1.807, 2.05) is 24.5 Å². The summed E-state index contributed by atoms with van der Waals surface area (Å²) in [5.74, 6) is 0.507. The van der Waals surface area contributed by atoms with Gasteiger partial charge in [0.25, 0.3) is 0 Å². The van der Waals surface area contributed by atoms with Crippen LogP contribution in [0.5, 0.6) is 0 Å². The van der Waals surface area contributed by atoms with Crippen molar-refractivity contribution < 1.29 is 0 Å². The van der Waals surface area contributed by atoms with Gasteiger partial charge in [0.2, 0.25) is 0 Å². The number of nitrogens with one attached hydrogen (secondary N) is 1. The molecule has 4 nitrogen and oxygen atoms in total. The molecule has 0 atom stereocenters. The number of H-pyrrole nitrogens is 1. The number of rotatable bonds is 19. The van der Waals surface area contributed by atoms with E-state index in [0.29, 0.717) is 12.0 Å². The topological polar surface area (TPSA) is 44.8 Å². The predicted octanol–water partition coefficient (Wildman–Crippen LogP) is 11.2. The summed E-state index contributed by atoms with van der Waals surface area (Å²) in [5, 5.41) is 9.04. The molecule has 0 aliphatic heterocycles. The average molecular weight is 591 g/mol. The summed E-state index contributed by atoms with van der Waals surface area (Å²) in [6.45, 7) is 3.53. The van der Waals surface area contributed by atoms with E-state index in [2.05, 4.69) is 53.2 Å². The molecule has 0 unspecified atom stereocenters. The highest BCUT2D eigenvalue weighted by Gasteiger charge is 2.29. The molecule has 42 heavy (non-hydrogen) atoms. The Balaban J connectivity index is 1.15. The Morgan fingerprint density at radius 2 is 1.26 bits per heavy atom. The fourth-order valence-corrected chi connectivity index (χ4v) is 6.95. The maximum Gasteiger partial charge on any atom is 0.100 e. The van der Waals surface area contributed by atoms with Crippen molar-refractivity contribution >= 4 is 11.6 Å². The largest absolute Gasteiger partial charge is 0.303 e. The summed E-state index contributed by atoms with van der Waals surface area (Å²) in [7, 11) is 2.35. The highest BCUT2D eigenvalue weighted by atomic mass is 35.5. The standard InChI is InChI=1S/C37H55ClN4/c1-3-4-5-6-7-8-9-10-11-12-13-14-15-16-29-42(2)34-23-19-32(20-24-34)37-35(30-25-27-39-28-26-30)36(40-41-37)31-17-21-33(38)22-18-31/h17-18,21-22,25-28,32,34H,3-16,19-20,23-24,29H2,1-2H3,(H,40,41). The highest BCUT2D eigenvalue weighted by Crippen LogP contribution is 2.42. The molecule has 5 heteroatoms. The van der Waals surface area contributed by atoms with E-state index in [1.54, 1.807) is 0 Å². The zero-order valence-corrected chi connectivity index (χ0v) is 27.2. The molecule has 2 aromatic heterocycles. The third-order valence-corrected chi connectivity index (χ3v) is 9.73. The number of benzene rings is 1. The number of aromatic amines is 1. The van der Waals surface area contributed by atoms with Crippen LogP contribution in [0.2, 0.25) is 5.02 Å². The SMILES string of the molecule is CCCCCCCCCCCCCCCCN(C)C1CCC(c2[nH]nc(-c3ccc(Cl)cc3)c2-c2ccncc2)CC1. The molecule has 0 radical (unpaired) electrons. The molecule has 2 heterocycles. The Morgan fingerprint density at radius 3 is 1.83 bits per heavy atom. The maximum atomic E-state index is 6.18. The minimum Gasteiger partial charge on any atom is -0.303 e.